The van der Waals surface area contributed by atoms with E-state index in [0.29, 0.717) is 21.8 Å². The highest BCUT2D eigenvalue weighted by molar-refractivity contribution is 6.39. The SMILES string of the molecule is O=[N+]([O-])c1cc(Cl)c(NC2CCCCCCC2)c(Cl)c1. The summed E-state index contributed by atoms with van der Waals surface area (Å²) in [5.74, 6) is 0. The average molecular weight is 317 g/mol. The molecule has 2 rings (SSSR count). The van der Waals surface area contributed by atoms with Gasteiger partial charge in [0.2, 0.25) is 0 Å². The first-order chi connectivity index (χ1) is 9.58. The zero-order valence-electron chi connectivity index (χ0n) is 11.2. The van der Waals surface area contributed by atoms with Crippen molar-refractivity contribution in [3.63, 3.8) is 0 Å². The molecule has 0 spiro atoms. The van der Waals surface area contributed by atoms with Crippen LogP contribution in [0.3, 0.4) is 0 Å². The van der Waals surface area contributed by atoms with Gasteiger partial charge in [-0.15, -0.1) is 0 Å². The lowest BCUT2D eigenvalue weighted by Gasteiger charge is -2.23. The summed E-state index contributed by atoms with van der Waals surface area (Å²) >= 11 is 12.2. The number of halogens is 2. The lowest BCUT2D eigenvalue weighted by Crippen LogP contribution is -2.21. The van der Waals surface area contributed by atoms with Crippen LogP contribution in [0, 0.1) is 10.1 Å². The topological polar surface area (TPSA) is 55.2 Å². The fourth-order valence-electron chi connectivity index (χ4n) is 2.61. The zero-order valence-corrected chi connectivity index (χ0v) is 12.7. The minimum atomic E-state index is -0.489. The van der Waals surface area contributed by atoms with Gasteiger partial charge >= 0.3 is 0 Å². The van der Waals surface area contributed by atoms with E-state index in [4.69, 9.17) is 23.2 Å². The molecule has 1 aromatic rings. The highest BCUT2D eigenvalue weighted by Gasteiger charge is 2.18. The Kier molecular flexibility index (Phi) is 5.49. The number of hydrogen-bond donors (Lipinski definition) is 1. The van der Waals surface area contributed by atoms with Crippen LogP contribution in [0.5, 0.6) is 0 Å². The molecule has 0 heterocycles. The second-order valence-electron chi connectivity index (χ2n) is 5.23. The van der Waals surface area contributed by atoms with Gasteiger partial charge in [0.15, 0.2) is 0 Å². The summed E-state index contributed by atoms with van der Waals surface area (Å²) in [5, 5.41) is 14.7. The first kappa shape index (κ1) is 15.4. The van der Waals surface area contributed by atoms with Crippen molar-refractivity contribution in [2.24, 2.45) is 0 Å². The van der Waals surface area contributed by atoms with E-state index in [0.717, 1.165) is 12.8 Å². The third kappa shape index (κ3) is 4.00. The standard InChI is InChI=1S/C14H18Cl2N2O2/c15-12-8-11(18(19)20)9-13(16)14(12)17-10-6-4-2-1-3-5-7-10/h8-10,17H,1-7H2. The molecule has 110 valence electrons. The smallest absolute Gasteiger partial charge is 0.272 e. The molecule has 0 aromatic heterocycles. The van der Waals surface area contributed by atoms with E-state index in [1.165, 1.54) is 44.2 Å². The highest BCUT2D eigenvalue weighted by Crippen LogP contribution is 2.36. The van der Waals surface area contributed by atoms with Gasteiger partial charge in [-0.1, -0.05) is 55.3 Å². The van der Waals surface area contributed by atoms with Gasteiger partial charge < -0.3 is 5.32 Å². The van der Waals surface area contributed by atoms with Gasteiger partial charge in [-0.2, -0.15) is 0 Å². The van der Waals surface area contributed by atoms with E-state index in [-0.39, 0.29) is 5.69 Å². The van der Waals surface area contributed by atoms with Crippen LogP contribution in [0.2, 0.25) is 10.0 Å². The van der Waals surface area contributed by atoms with E-state index in [2.05, 4.69) is 5.32 Å². The number of nitro groups is 1. The highest BCUT2D eigenvalue weighted by atomic mass is 35.5. The Morgan fingerprint density at radius 3 is 2.05 bits per heavy atom. The van der Waals surface area contributed by atoms with Crippen molar-refractivity contribution in [2.45, 2.75) is 51.0 Å². The molecule has 1 aliphatic rings. The fraction of sp³-hybridized carbons (Fsp3) is 0.571. The van der Waals surface area contributed by atoms with Crippen molar-refractivity contribution in [1.82, 2.24) is 0 Å². The second-order valence-corrected chi connectivity index (χ2v) is 6.04. The summed E-state index contributed by atoms with van der Waals surface area (Å²) in [4.78, 5) is 10.3. The monoisotopic (exact) mass is 316 g/mol. The van der Waals surface area contributed by atoms with Gasteiger partial charge in [0.05, 0.1) is 20.7 Å². The van der Waals surface area contributed by atoms with Crippen LogP contribution in [0.15, 0.2) is 12.1 Å². The van der Waals surface area contributed by atoms with Crippen LogP contribution in [0.25, 0.3) is 0 Å². The lowest BCUT2D eigenvalue weighted by atomic mass is 9.96. The second kappa shape index (κ2) is 7.14. The van der Waals surface area contributed by atoms with Crippen LogP contribution in [-0.2, 0) is 0 Å². The predicted octanol–water partition coefficient (Wildman–Crippen LogP) is 5.43. The maximum atomic E-state index is 10.8. The van der Waals surface area contributed by atoms with Crippen LogP contribution >= 0.6 is 23.2 Å². The van der Waals surface area contributed by atoms with E-state index in [1.807, 2.05) is 0 Å². The van der Waals surface area contributed by atoms with Gasteiger partial charge in [0.1, 0.15) is 0 Å². The fourth-order valence-corrected chi connectivity index (χ4v) is 3.19. The van der Waals surface area contributed by atoms with E-state index >= 15 is 0 Å². The van der Waals surface area contributed by atoms with Crippen molar-refractivity contribution in [3.05, 3.63) is 32.3 Å². The summed E-state index contributed by atoms with van der Waals surface area (Å²) in [7, 11) is 0. The summed E-state index contributed by atoms with van der Waals surface area (Å²) in [5.41, 5.74) is 0.535. The zero-order chi connectivity index (χ0) is 14.5. The van der Waals surface area contributed by atoms with Gasteiger partial charge in [-0.3, -0.25) is 10.1 Å². The Morgan fingerprint density at radius 1 is 1.05 bits per heavy atom. The molecule has 1 fully saturated rings. The minimum Gasteiger partial charge on any atom is -0.380 e. The lowest BCUT2D eigenvalue weighted by molar-refractivity contribution is -0.384. The molecular formula is C14H18Cl2N2O2. The third-order valence-electron chi connectivity index (χ3n) is 3.69. The quantitative estimate of drug-likeness (QED) is 0.597. The molecule has 1 N–H and O–H groups in total. The number of benzene rings is 1. The van der Waals surface area contributed by atoms with E-state index in [1.54, 1.807) is 0 Å². The van der Waals surface area contributed by atoms with Crippen molar-refractivity contribution >= 4 is 34.6 Å². The molecule has 0 unspecified atom stereocenters. The van der Waals surface area contributed by atoms with Crippen molar-refractivity contribution < 1.29 is 4.92 Å². The van der Waals surface area contributed by atoms with E-state index < -0.39 is 4.92 Å². The molecule has 0 amide bonds. The molecule has 1 aliphatic carbocycles. The number of nitro benzene ring substituents is 1. The summed E-state index contributed by atoms with van der Waals surface area (Å²) in [6.45, 7) is 0. The van der Waals surface area contributed by atoms with Crippen LogP contribution in [0.1, 0.15) is 44.9 Å². The number of rotatable bonds is 3. The molecular weight excluding hydrogens is 299 g/mol. The molecule has 0 saturated heterocycles. The molecule has 1 saturated carbocycles. The van der Waals surface area contributed by atoms with Gasteiger partial charge in [-0.25, -0.2) is 0 Å². The number of nitrogens with one attached hydrogen (secondary N) is 1. The number of nitrogens with zero attached hydrogens (tertiary/aromatic N) is 1. The first-order valence-corrected chi connectivity index (χ1v) is 7.73. The summed E-state index contributed by atoms with van der Waals surface area (Å²) in [6.07, 6.45) is 8.40. The molecule has 4 nitrogen and oxygen atoms in total. The molecule has 6 heteroatoms. The average Bonchev–Trinajstić information content (AvgIpc) is 2.35. The van der Waals surface area contributed by atoms with Gasteiger partial charge in [0.25, 0.3) is 5.69 Å². The van der Waals surface area contributed by atoms with Crippen LogP contribution < -0.4 is 5.32 Å². The van der Waals surface area contributed by atoms with Crippen molar-refractivity contribution in [2.75, 3.05) is 5.32 Å². The van der Waals surface area contributed by atoms with E-state index in [9.17, 15) is 10.1 Å². The largest absolute Gasteiger partial charge is 0.380 e. The number of anilines is 1. The Hall–Kier alpha value is -1.00. The minimum absolute atomic E-state index is 0.0804. The van der Waals surface area contributed by atoms with Gasteiger partial charge in [0, 0.05) is 18.2 Å². The normalized spacial score (nSPS) is 17.3. The summed E-state index contributed by atoms with van der Waals surface area (Å²) < 4.78 is 0. The maximum Gasteiger partial charge on any atom is 0.272 e. The predicted molar refractivity (Wildman–Crippen MR) is 82.8 cm³/mol. The van der Waals surface area contributed by atoms with Crippen molar-refractivity contribution in [3.8, 4) is 0 Å². The molecule has 0 aliphatic heterocycles. The Bertz CT molecular complexity index is 463. The third-order valence-corrected chi connectivity index (χ3v) is 4.29. The Labute approximate surface area is 128 Å². The van der Waals surface area contributed by atoms with Crippen LogP contribution in [0.4, 0.5) is 11.4 Å². The molecule has 0 bridgehead atoms. The van der Waals surface area contributed by atoms with Crippen molar-refractivity contribution in [1.29, 1.82) is 0 Å². The number of non-ortho nitro benzene ring substituents is 1. The Morgan fingerprint density at radius 2 is 1.55 bits per heavy atom. The molecule has 1 aromatic carbocycles. The Balaban J connectivity index is 2.13. The molecule has 0 atom stereocenters. The first-order valence-electron chi connectivity index (χ1n) is 6.98. The molecule has 0 radical (unpaired) electrons. The maximum absolute atomic E-state index is 10.8. The van der Waals surface area contributed by atoms with Crippen LogP contribution in [-0.4, -0.2) is 11.0 Å². The number of hydrogen-bond acceptors (Lipinski definition) is 3. The van der Waals surface area contributed by atoms with Gasteiger partial charge in [-0.05, 0) is 12.8 Å². The summed E-state index contributed by atoms with van der Waals surface area (Å²) in [6, 6.07) is 3.03. The molecule has 20 heavy (non-hydrogen) atoms.